The number of ether oxygens (including phenoxy) is 1. The molecule has 0 amide bonds. The van der Waals surface area contributed by atoms with E-state index in [1.807, 2.05) is 42.5 Å². The van der Waals surface area contributed by atoms with E-state index in [0.717, 1.165) is 16.3 Å². The van der Waals surface area contributed by atoms with Crippen molar-refractivity contribution in [2.75, 3.05) is 7.11 Å². The quantitative estimate of drug-likeness (QED) is 0.662. The zero-order valence-corrected chi connectivity index (χ0v) is 13.0. The molecule has 2 aromatic carbocycles. The molecule has 0 aliphatic rings. The number of aromatic nitrogens is 1. The highest BCUT2D eigenvalue weighted by molar-refractivity contribution is 6.67. The predicted octanol–water partition coefficient (Wildman–Crippen LogP) is 4.49. The standard InChI is InChI=1S/C18H13ClFNO2/c1-23-17(14-9-15(20)16(18(19)22)21-10-14)13-7-6-11-4-2-3-5-12(11)8-13/h2-10,17H,1H3. The SMILES string of the molecule is COC(c1cnc(C(=O)Cl)c(F)c1)c1ccc2ccccc2c1. The van der Waals surface area contributed by atoms with Gasteiger partial charge in [0.2, 0.25) is 0 Å². The van der Waals surface area contributed by atoms with Crippen molar-refractivity contribution in [1.29, 1.82) is 0 Å². The van der Waals surface area contributed by atoms with E-state index in [0.29, 0.717) is 5.56 Å². The fourth-order valence-corrected chi connectivity index (χ4v) is 2.72. The minimum absolute atomic E-state index is 0.385. The molecular formula is C18H13ClFNO2. The highest BCUT2D eigenvalue weighted by Crippen LogP contribution is 2.28. The number of rotatable bonds is 4. The van der Waals surface area contributed by atoms with E-state index in [1.165, 1.54) is 12.3 Å². The summed E-state index contributed by atoms with van der Waals surface area (Å²) in [6.45, 7) is 0. The van der Waals surface area contributed by atoms with Crippen LogP contribution in [0, 0.1) is 5.82 Å². The maximum absolute atomic E-state index is 13.9. The van der Waals surface area contributed by atoms with Gasteiger partial charge < -0.3 is 4.74 Å². The second kappa shape index (κ2) is 6.44. The van der Waals surface area contributed by atoms with E-state index < -0.39 is 17.2 Å². The molecule has 0 radical (unpaired) electrons. The Morgan fingerprint density at radius 3 is 2.52 bits per heavy atom. The first-order valence-electron chi connectivity index (χ1n) is 6.97. The van der Waals surface area contributed by atoms with E-state index >= 15 is 0 Å². The van der Waals surface area contributed by atoms with Crippen molar-refractivity contribution in [3.63, 3.8) is 0 Å². The summed E-state index contributed by atoms with van der Waals surface area (Å²) in [6.07, 6.45) is 0.920. The molecule has 0 spiro atoms. The Bertz CT molecular complexity index is 882. The molecule has 0 fully saturated rings. The number of carbonyl (C=O) groups is 1. The number of fused-ring (bicyclic) bond motifs is 1. The van der Waals surface area contributed by atoms with E-state index in [9.17, 15) is 9.18 Å². The number of hydrogen-bond donors (Lipinski definition) is 0. The van der Waals surface area contributed by atoms with Gasteiger partial charge in [0.05, 0.1) is 0 Å². The second-order valence-electron chi connectivity index (χ2n) is 5.10. The molecule has 3 aromatic rings. The number of nitrogens with zero attached hydrogens (tertiary/aromatic N) is 1. The zero-order chi connectivity index (χ0) is 16.4. The van der Waals surface area contributed by atoms with Crippen LogP contribution in [0.2, 0.25) is 0 Å². The predicted molar refractivity (Wildman–Crippen MR) is 87.2 cm³/mol. The highest BCUT2D eigenvalue weighted by Gasteiger charge is 2.18. The average molecular weight is 330 g/mol. The summed E-state index contributed by atoms with van der Waals surface area (Å²) in [5, 5.41) is 1.25. The Morgan fingerprint density at radius 2 is 1.87 bits per heavy atom. The third kappa shape index (κ3) is 3.09. The van der Waals surface area contributed by atoms with Crippen molar-refractivity contribution in [2.24, 2.45) is 0 Å². The third-order valence-electron chi connectivity index (χ3n) is 3.66. The molecule has 0 N–H and O–H groups in total. The summed E-state index contributed by atoms with van der Waals surface area (Å²) < 4.78 is 19.4. The van der Waals surface area contributed by atoms with Gasteiger partial charge in [0.1, 0.15) is 6.10 Å². The molecule has 0 saturated heterocycles. The fraction of sp³-hybridized carbons (Fsp3) is 0.111. The van der Waals surface area contributed by atoms with Gasteiger partial charge in [0, 0.05) is 18.9 Å². The Balaban J connectivity index is 2.04. The first-order chi connectivity index (χ1) is 11.1. The molecule has 116 valence electrons. The normalized spacial score (nSPS) is 12.3. The van der Waals surface area contributed by atoms with Crippen LogP contribution in [0.15, 0.2) is 54.7 Å². The van der Waals surface area contributed by atoms with E-state index in [2.05, 4.69) is 4.98 Å². The van der Waals surface area contributed by atoms with E-state index in [1.54, 1.807) is 7.11 Å². The third-order valence-corrected chi connectivity index (χ3v) is 3.84. The Morgan fingerprint density at radius 1 is 1.13 bits per heavy atom. The van der Waals surface area contributed by atoms with Crippen LogP contribution in [-0.2, 0) is 4.74 Å². The lowest BCUT2D eigenvalue weighted by molar-refractivity contribution is 0.107. The fourth-order valence-electron chi connectivity index (χ4n) is 2.58. The van der Waals surface area contributed by atoms with E-state index in [-0.39, 0.29) is 5.69 Å². The van der Waals surface area contributed by atoms with Gasteiger partial charge in [-0.3, -0.25) is 4.79 Å². The number of methoxy groups -OCH3 is 1. The molecule has 0 aliphatic heterocycles. The topological polar surface area (TPSA) is 39.2 Å². The van der Waals surface area contributed by atoms with Crippen molar-refractivity contribution in [3.8, 4) is 0 Å². The molecule has 3 nitrogen and oxygen atoms in total. The molecule has 5 heteroatoms. The van der Waals surface area contributed by atoms with Crippen molar-refractivity contribution >= 4 is 27.6 Å². The minimum Gasteiger partial charge on any atom is -0.372 e. The second-order valence-corrected chi connectivity index (χ2v) is 5.44. The minimum atomic E-state index is -0.922. The smallest absolute Gasteiger partial charge is 0.273 e. The summed E-state index contributed by atoms with van der Waals surface area (Å²) >= 11 is 5.28. The first kappa shape index (κ1) is 15.6. The molecule has 0 aliphatic carbocycles. The van der Waals surface area contributed by atoms with Crippen LogP contribution in [0.4, 0.5) is 4.39 Å². The van der Waals surface area contributed by atoms with Crippen LogP contribution in [0.25, 0.3) is 10.8 Å². The first-order valence-corrected chi connectivity index (χ1v) is 7.34. The molecule has 23 heavy (non-hydrogen) atoms. The summed E-state index contributed by atoms with van der Waals surface area (Å²) in [5.74, 6) is -0.759. The largest absolute Gasteiger partial charge is 0.372 e. The van der Waals surface area contributed by atoms with Crippen LogP contribution >= 0.6 is 11.6 Å². The van der Waals surface area contributed by atoms with Crippen LogP contribution in [0.3, 0.4) is 0 Å². The Hall–Kier alpha value is -2.30. The number of carbonyl (C=O) groups excluding carboxylic acids is 1. The van der Waals surface area contributed by atoms with Gasteiger partial charge in [-0.2, -0.15) is 0 Å². The van der Waals surface area contributed by atoms with Gasteiger partial charge in [-0.15, -0.1) is 0 Å². The number of halogens is 2. The lowest BCUT2D eigenvalue weighted by atomic mass is 9.99. The molecule has 1 atom stereocenters. The van der Waals surface area contributed by atoms with Gasteiger partial charge in [-0.25, -0.2) is 9.37 Å². The van der Waals surface area contributed by atoms with Gasteiger partial charge in [-0.05, 0) is 40.1 Å². The highest BCUT2D eigenvalue weighted by atomic mass is 35.5. The van der Waals surface area contributed by atoms with Gasteiger partial charge >= 0.3 is 0 Å². The maximum atomic E-state index is 13.9. The van der Waals surface area contributed by atoms with Crippen molar-refractivity contribution in [1.82, 2.24) is 4.98 Å². The molecule has 3 rings (SSSR count). The van der Waals surface area contributed by atoms with Crippen LogP contribution in [0.1, 0.15) is 27.7 Å². The summed E-state index contributed by atoms with van der Waals surface area (Å²) in [6, 6.07) is 15.1. The molecular weight excluding hydrogens is 317 g/mol. The Labute approximate surface area is 137 Å². The number of pyridine rings is 1. The number of hydrogen-bond acceptors (Lipinski definition) is 3. The maximum Gasteiger partial charge on any atom is 0.273 e. The van der Waals surface area contributed by atoms with Gasteiger partial charge in [-0.1, -0.05) is 36.4 Å². The molecule has 1 heterocycles. The lowest BCUT2D eigenvalue weighted by Gasteiger charge is -2.17. The molecule has 1 unspecified atom stereocenters. The molecule has 0 bridgehead atoms. The zero-order valence-electron chi connectivity index (χ0n) is 12.3. The lowest BCUT2D eigenvalue weighted by Crippen LogP contribution is -2.07. The van der Waals surface area contributed by atoms with Crippen LogP contribution in [0.5, 0.6) is 0 Å². The van der Waals surface area contributed by atoms with Gasteiger partial charge in [0.15, 0.2) is 11.5 Å². The van der Waals surface area contributed by atoms with Crippen molar-refractivity contribution < 1.29 is 13.9 Å². The Kier molecular flexibility index (Phi) is 4.37. The van der Waals surface area contributed by atoms with Crippen molar-refractivity contribution in [2.45, 2.75) is 6.10 Å². The summed E-state index contributed by atoms with van der Waals surface area (Å²) in [5.41, 5.74) is 1.00. The number of benzene rings is 2. The van der Waals surface area contributed by atoms with Crippen molar-refractivity contribution in [3.05, 3.63) is 77.4 Å². The summed E-state index contributed by atoms with van der Waals surface area (Å²) in [4.78, 5) is 14.9. The summed E-state index contributed by atoms with van der Waals surface area (Å²) in [7, 11) is 1.54. The van der Waals surface area contributed by atoms with E-state index in [4.69, 9.17) is 16.3 Å². The van der Waals surface area contributed by atoms with Crippen LogP contribution in [-0.4, -0.2) is 17.3 Å². The van der Waals surface area contributed by atoms with Gasteiger partial charge in [0.25, 0.3) is 5.24 Å². The average Bonchev–Trinajstić information content (AvgIpc) is 2.55. The molecule has 0 saturated carbocycles. The van der Waals surface area contributed by atoms with Crippen LogP contribution < -0.4 is 0 Å². The molecule has 1 aromatic heterocycles. The monoisotopic (exact) mass is 329 g/mol.